The van der Waals surface area contributed by atoms with Crippen LogP contribution in [0.1, 0.15) is 26.2 Å². The molecular formula is C10H22O3Si. The van der Waals surface area contributed by atoms with Crippen molar-refractivity contribution in [2.24, 2.45) is 0 Å². The molecule has 1 aliphatic rings. The number of epoxide rings is 1. The largest absolute Gasteiger partial charge is 0.398 e. The molecule has 2 unspecified atom stereocenters. The van der Waals surface area contributed by atoms with Crippen molar-refractivity contribution < 1.29 is 13.6 Å². The molecule has 1 aliphatic heterocycles. The summed E-state index contributed by atoms with van der Waals surface area (Å²) in [5.74, 6) is 0. The summed E-state index contributed by atoms with van der Waals surface area (Å²) in [6.45, 7) is 4.28. The second kappa shape index (κ2) is 5.26. The van der Waals surface area contributed by atoms with Crippen molar-refractivity contribution in [3.8, 4) is 0 Å². The van der Waals surface area contributed by atoms with Crippen molar-refractivity contribution in [1.29, 1.82) is 0 Å². The Morgan fingerprint density at radius 1 is 1.21 bits per heavy atom. The van der Waals surface area contributed by atoms with Crippen molar-refractivity contribution in [2.75, 3.05) is 14.2 Å². The van der Waals surface area contributed by atoms with E-state index in [0.717, 1.165) is 25.3 Å². The molecule has 0 aromatic rings. The maximum atomic E-state index is 5.48. The zero-order valence-corrected chi connectivity index (χ0v) is 10.7. The first kappa shape index (κ1) is 12.2. The lowest BCUT2D eigenvalue weighted by atomic mass is 10.2. The summed E-state index contributed by atoms with van der Waals surface area (Å²) in [6.07, 6.45) is 4.52. The molecule has 0 saturated carbocycles. The van der Waals surface area contributed by atoms with E-state index >= 15 is 0 Å². The van der Waals surface area contributed by atoms with Crippen LogP contribution in [-0.2, 0) is 13.6 Å². The van der Waals surface area contributed by atoms with E-state index in [2.05, 4.69) is 13.5 Å². The van der Waals surface area contributed by atoms with Gasteiger partial charge in [-0.25, -0.2) is 0 Å². The van der Waals surface area contributed by atoms with Crippen LogP contribution in [0.5, 0.6) is 0 Å². The van der Waals surface area contributed by atoms with Gasteiger partial charge in [-0.05, 0) is 31.9 Å². The summed E-state index contributed by atoms with van der Waals surface area (Å²) in [5.41, 5.74) is 0. The summed E-state index contributed by atoms with van der Waals surface area (Å²) >= 11 is 0. The van der Waals surface area contributed by atoms with Crippen LogP contribution in [-0.4, -0.2) is 35.0 Å². The van der Waals surface area contributed by atoms with Crippen LogP contribution in [0.2, 0.25) is 12.6 Å². The van der Waals surface area contributed by atoms with E-state index in [4.69, 9.17) is 13.6 Å². The third kappa shape index (κ3) is 3.35. The Morgan fingerprint density at radius 3 is 2.29 bits per heavy atom. The van der Waals surface area contributed by atoms with Crippen LogP contribution in [0.4, 0.5) is 0 Å². The van der Waals surface area contributed by atoms with Crippen LogP contribution < -0.4 is 0 Å². The zero-order chi connectivity index (χ0) is 10.6. The predicted octanol–water partition coefficient (Wildman–Crippen LogP) is 2.31. The van der Waals surface area contributed by atoms with Gasteiger partial charge >= 0.3 is 8.56 Å². The van der Waals surface area contributed by atoms with Crippen molar-refractivity contribution in [2.45, 2.75) is 51.0 Å². The third-order valence-electron chi connectivity index (χ3n) is 3.07. The molecule has 3 nitrogen and oxygen atoms in total. The number of rotatable bonds is 7. The zero-order valence-electron chi connectivity index (χ0n) is 9.71. The molecule has 1 rings (SSSR count). The molecule has 0 aromatic carbocycles. The third-order valence-corrected chi connectivity index (χ3v) is 6.06. The van der Waals surface area contributed by atoms with Gasteiger partial charge < -0.3 is 13.6 Å². The van der Waals surface area contributed by atoms with E-state index in [1.807, 2.05) is 0 Å². The Kier molecular flexibility index (Phi) is 4.57. The molecular weight excluding hydrogens is 196 g/mol. The lowest BCUT2D eigenvalue weighted by molar-refractivity contribution is 0.247. The predicted molar refractivity (Wildman–Crippen MR) is 58.6 cm³/mol. The van der Waals surface area contributed by atoms with E-state index in [-0.39, 0.29) is 0 Å². The van der Waals surface area contributed by atoms with Crippen LogP contribution >= 0.6 is 0 Å². The van der Waals surface area contributed by atoms with E-state index in [1.165, 1.54) is 0 Å². The SMILES string of the molecule is CCC1OC1CCC[Si](C)(OC)OC. The van der Waals surface area contributed by atoms with E-state index < -0.39 is 8.56 Å². The van der Waals surface area contributed by atoms with Gasteiger partial charge in [-0.1, -0.05) is 6.92 Å². The molecule has 84 valence electrons. The van der Waals surface area contributed by atoms with Crippen LogP contribution in [0, 0.1) is 0 Å². The molecule has 0 aromatic heterocycles. The summed E-state index contributed by atoms with van der Waals surface area (Å²) < 4.78 is 16.3. The maximum absolute atomic E-state index is 5.48. The number of hydrogen-bond acceptors (Lipinski definition) is 3. The van der Waals surface area contributed by atoms with Gasteiger partial charge in [0.05, 0.1) is 12.2 Å². The van der Waals surface area contributed by atoms with Gasteiger partial charge in [0.2, 0.25) is 0 Å². The Balaban J connectivity index is 2.09. The maximum Gasteiger partial charge on any atom is 0.334 e. The monoisotopic (exact) mass is 218 g/mol. The number of hydrogen-bond donors (Lipinski definition) is 0. The lowest BCUT2D eigenvalue weighted by Gasteiger charge is -2.22. The van der Waals surface area contributed by atoms with E-state index in [1.54, 1.807) is 14.2 Å². The molecule has 0 amide bonds. The normalized spacial score (nSPS) is 26.6. The Hall–Kier alpha value is 0.0969. The van der Waals surface area contributed by atoms with Crippen LogP contribution in [0.25, 0.3) is 0 Å². The molecule has 0 radical (unpaired) electrons. The first-order valence-corrected chi connectivity index (χ1v) is 7.93. The first-order valence-electron chi connectivity index (χ1n) is 5.41. The van der Waals surface area contributed by atoms with Crippen LogP contribution in [0.3, 0.4) is 0 Å². The van der Waals surface area contributed by atoms with Crippen LogP contribution in [0.15, 0.2) is 0 Å². The summed E-state index contributed by atoms with van der Waals surface area (Å²) in [7, 11) is 1.67. The molecule has 2 atom stereocenters. The minimum absolute atomic E-state index is 0.520. The molecule has 0 bridgehead atoms. The topological polar surface area (TPSA) is 31.0 Å². The quantitative estimate of drug-likeness (QED) is 0.485. The summed E-state index contributed by atoms with van der Waals surface area (Å²) in [4.78, 5) is 0. The fourth-order valence-electron chi connectivity index (χ4n) is 1.70. The minimum atomic E-state index is -1.82. The lowest BCUT2D eigenvalue weighted by Crippen LogP contribution is -2.35. The van der Waals surface area contributed by atoms with E-state index in [0.29, 0.717) is 12.2 Å². The molecule has 0 aliphatic carbocycles. The van der Waals surface area contributed by atoms with E-state index in [9.17, 15) is 0 Å². The van der Waals surface area contributed by atoms with Gasteiger partial charge in [-0.15, -0.1) is 0 Å². The van der Waals surface area contributed by atoms with Gasteiger partial charge in [0.1, 0.15) is 0 Å². The van der Waals surface area contributed by atoms with Crippen molar-refractivity contribution >= 4 is 8.56 Å². The standard InChI is InChI=1S/C10H22O3Si/c1-5-9-10(13-9)7-6-8-14(4,11-2)12-3/h9-10H,5-8H2,1-4H3. The second-order valence-electron chi connectivity index (χ2n) is 4.06. The fraction of sp³-hybridized carbons (Fsp3) is 1.00. The molecule has 1 heterocycles. The Bertz CT molecular complexity index is 171. The second-order valence-corrected chi connectivity index (χ2v) is 7.64. The highest BCUT2D eigenvalue weighted by Crippen LogP contribution is 2.30. The van der Waals surface area contributed by atoms with Gasteiger partial charge in [-0.2, -0.15) is 0 Å². The summed E-state index contributed by atoms with van der Waals surface area (Å²) in [6, 6.07) is 1.07. The van der Waals surface area contributed by atoms with Crippen molar-refractivity contribution in [1.82, 2.24) is 0 Å². The molecule has 1 saturated heterocycles. The fourth-order valence-corrected chi connectivity index (χ4v) is 3.13. The highest BCUT2D eigenvalue weighted by atomic mass is 28.4. The highest BCUT2D eigenvalue weighted by Gasteiger charge is 2.37. The molecule has 0 spiro atoms. The van der Waals surface area contributed by atoms with Crippen molar-refractivity contribution in [3.63, 3.8) is 0 Å². The molecule has 14 heavy (non-hydrogen) atoms. The van der Waals surface area contributed by atoms with Gasteiger partial charge in [0.25, 0.3) is 0 Å². The Morgan fingerprint density at radius 2 is 1.86 bits per heavy atom. The highest BCUT2D eigenvalue weighted by molar-refractivity contribution is 6.65. The molecule has 0 N–H and O–H groups in total. The average molecular weight is 218 g/mol. The molecule has 4 heteroatoms. The first-order chi connectivity index (χ1) is 6.65. The number of ether oxygens (including phenoxy) is 1. The average Bonchev–Trinajstić information content (AvgIpc) is 2.96. The minimum Gasteiger partial charge on any atom is -0.398 e. The van der Waals surface area contributed by atoms with Gasteiger partial charge in [0.15, 0.2) is 0 Å². The smallest absolute Gasteiger partial charge is 0.334 e. The Labute approximate surface area is 88.0 Å². The van der Waals surface area contributed by atoms with Crippen molar-refractivity contribution in [3.05, 3.63) is 0 Å². The summed E-state index contributed by atoms with van der Waals surface area (Å²) in [5, 5.41) is 0. The van der Waals surface area contributed by atoms with Gasteiger partial charge in [-0.3, -0.25) is 0 Å². The molecule has 1 fully saturated rings. The van der Waals surface area contributed by atoms with Gasteiger partial charge in [0, 0.05) is 14.2 Å².